The molecule has 0 radical (unpaired) electrons. The second kappa shape index (κ2) is 8.57. The predicted octanol–water partition coefficient (Wildman–Crippen LogP) is 5.37. The third-order valence-corrected chi connectivity index (χ3v) is 5.50. The number of hydrogen-bond donors (Lipinski definition) is 2. The number of hydrogen-bond acceptors (Lipinski definition) is 2. The molecule has 1 aliphatic heterocycles. The zero-order valence-electron chi connectivity index (χ0n) is 16.8. The van der Waals surface area contributed by atoms with Crippen molar-refractivity contribution in [2.24, 2.45) is 0 Å². The van der Waals surface area contributed by atoms with Crippen molar-refractivity contribution in [1.82, 2.24) is 5.32 Å². The largest absolute Gasteiger partial charge is 0.489 e. The lowest BCUT2D eigenvalue weighted by Crippen LogP contribution is -2.39. The third-order valence-electron chi connectivity index (χ3n) is 5.50. The van der Waals surface area contributed by atoms with E-state index in [9.17, 15) is 14.3 Å². The molecule has 1 amide bonds. The minimum Gasteiger partial charge on any atom is -0.489 e. The van der Waals surface area contributed by atoms with E-state index in [0.717, 1.165) is 27.8 Å². The van der Waals surface area contributed by atoms with Crippen LogP contribution in [0.1, 0.15) is 23.1 Å². The van der Waals surface area contributed by atoms with Gasteiger partial charge in [-0.15, -0.1) is 0 Å². The number of fused-ring (bicyclic) bond motifs is 1. The van der Waals surface area contributed by atoms with Gasteiger partial charge in [-0.25, -0.2) is 9.18 Å². The topological polar surface area (TPSA) is 58.6 Å². The molecular formula is C25H24FNO3. The van der Waals surface area contributed by atoms with E-state index in [1.54, 1.807) is 0 Å². The second-order valence-electron chi connectivity index (χ2n) is 7.77. The lowest BCUT2D eigenvalue weighted by atomic mass is 9.95. The maximum atomic E-state index is 14.3. The molecule has 0 fully saturated rings. The predicted molar refractivity (Wildman–Crippen MR) is 114 cm³/mol. The van der Waals surface area contributed by atoms with Crippen LogP contribution < -0.4 is 10.1 Å². The van der Waals surface area contributed by atoms with E-state index in [0.29, 0.717) is 25.0 Å². The Morgan fingerprint density at radius 3 is 2.60 bits per heavy atom. The van der Waals surface area contributed by atoms with Crippen LogP contribution in [-0.2, 0) is 12.8 Å². The number of halogens is 1. The summed E-state index contributed by atoms with van der Waals surface area (Å²) in [4.78, 5) is 11.3. The van der Waals surface area contributed by atoms with Gasteiger partial charge in [0.15, 0.2) is 0 Å². The van der Waals surface area contributed by atoms with Crippen LogP contribution in [0.25, 0.3) is 11.1 Å². The van der Waals surface area contributed by atoms with Crippen LogP contribution in [-0.4, -0.2) is 23.3 Å². The Morgan fingerprint density at radius 2 is 1.87 bits per heavy atom. The molecule has 1 heterocycles. The van der Waals surface area contributed by atoms with Gasteiger partial charge < -0.3 is 15.2 Å². The van der Waals surface area contributed by atoms with Crippen LogP contribution in [0.5, 0.6) is 5.75 Å². The van der Waals surface area contributed by atoms with Crippen molar-refractivity contribution in [3.05, 3.63) is 89.2 Å². The molecule has 2 unspecified atom stereocenters. The maximum Gasteiger partial charge on any atom is 0.404 e. The van der Waals surface area contributed by atoms with Gasteiger partial charge in [0, 0.05) is 30.0 Å². The summed E-state index contributed by atoms with van der Waals surface area (Å²) in [5.74, 6) is 0.408. The van der Waals surface area contributed by atoms with E-state index in [1.165, 1.54) is 12.1 Å². The Morgan fingerprint density at radius 1 is 1.13 bits per heavy atom. The minimum atomic E-state index is -1.06. The average molecular weight is 405 g/mol. The molecule has 2 atom stereocenters. The van der Waals surface area contributed by atoms with Gasteiger partial charge in [-0.05, 0) is 42.2 Å². The van der Waals surface area contributed by atoms with Crippen LogP contribution in [0.15, 0.2) is 66.7 Å². The van der Waals surface area contributed by atoms with E-state index in [-0.39, 0.29) is 18.0 Å². The number of benzene rings is 3. The SMILES string of the molecule is Cc1ccccc1-c1cc(F)cc2c1OC(CC(Cc1ccccc1)NC(=O)O)C2. The average Bonchev–Trinajstić information content (AvgIpc) is 3.10. The van der Waals surface area contributed by atoms with Gasteiger partial charge in [-0.2, -0.15) is 0 Å². The van der Waals surface area contributed by atoms with Crippen molar-refractivity contribution < 1.29 is 19.0 Å². The Bertz CT molecular complexity index is 1050. The normalized spacial score (nSPS) is 15.9. The highest BCUT2D eigenvalue weighted by atomic mass is 19.1. The molecule has 3 aromatic rings. The molecule has 4 rings (SSSR count). The van der Waals surface area contributed by atoms with Gasteiger partial charge in [-0.3, -0.25) is 0 Å². The highest BCUT2D eigenvalue weighted by molar-refractivity contribution is 5.75. The highest BCUT2D eigenvalue weighted by Crippen LogP contribution is 2.41. The molecule has 0 saturated heterocycles. The number of aryl methyl sites for hydroxylation is 1. The van der Waals surface area contributed by atoms with Gasteiger partial charge in [-0.1, -0.05) is 54.6 Å². The van der Waals surface area contributed by atoms with Crippen molar-refractivity contribution in [3.8, 4) is 16.9 Å². The molecule has 0 aromatic heterocycles. The fourth-order valence-corrected chi connectivity index (χ4v) is 4.18. The van der Waals surface area contributed by atoms with Crippen LogP contribution in [0.4, 0.5) is 9.18 Å². The molecule has 5 heteroatoms. The van der Waals surface area contributed by atoms with Crippen LogP contribution >= 0.6 is 0 Å². The molecule has 1 aliphatic rings. The quantitative estimate of drug-likeness (QED) is 0.579. The molecule has 0 aliphatic carbocycles. The molecule has 4 nitrogen and oxygen atoms in total. The molecule has 154 valence electrons. The first-order valence-corrected chi connectivity index (χ1v) is 10.1. The number of carbonyl (C=O) groups is 1. The zero-order valence-corrected chi connectivity index (χ0v) is 16.8. The first kappa shape index (κ1) is 20.0. The van der Waals surface area contributed by atoms with Crippen molar-refractivity contribution >= 4 is 6.09 Å². The second-order valence-corrected chi connectivity index (χ2v) is 7.77. The van der Waals surface area contributed by atoms with Crippen molar-refractivity contribution in [3.63, 3.8) is 0 Å². The summed E-state index contributed by atoms with van der Waals surface area (Å²) in [5, 5.41) is 11.9. The molecule has 0 bridgehead atoms. The fraction of sp³-hybridized carbons (Fsp3) is 0.240. The molecule has 0 spiro atoms. The van der Waals surface area contributed by atoms with Gasteiger partial charge in [0.25, 0.3) is 0 Å². The van der Waals surface area contributed by atoms with Crippen molar-refractivity contribution in [2.75, 3.05) is 0 Å². The summed E-state index contributed by atoms with van der Waals surface area (Å²) in [6.45, 7) is 1.99. The number of amides is 1. The molecule has 30 heavy (non-hydrogen) atoms. The van der Waals surface area contributed by atoms with Crippen molar-refractivity contribution in [2.45, 2.75) is 38.3 Å². The fourth-order valence-electron chi connectivity index (χ4n) is 4.18. The summed E-state index contributed by atoms with van der Waals surface area (Å²) >= 11 is 0. The van der Waals surface area contributed by atoms with E-state index in [4.69, 9.17) is 4.74 Å². The van der Waals surface area contributed by atoms with Crippen LogP contribution in [0.3, 0.4) is 0 Å². The number of ether oxygens (including phenoxy) is 1. The Kier molecular flexibility index (Phi) is 5.70. The smallest absolute Gasteiger partial charge is 0.404 e. The Hall–Kier alpha value is -3.34. The van der Waals surface area contributed by atoms with E-state index >= 15 is 0 Å². The minimum absolute atomic E-state index is 0.217. The number of carboxylic acid groups (broad SMARTS) is 1. The zero-order chi connectivity index (χ0) is 21.1. The summed E-state index contributed by atoms with van der Waals surface area (Å²) in [5.41, 5.74) is 4.62. The van der Waals surface area contributed by atoms with Crippen LogP contribution in [0, 0.1) is 12.7 Å². The third kappa shape index (κ3) is 4.46. The molecular weight excluding hydrogens is 381 g/mol. The molecule has 2 N–H and O–H groups in total. The van der Waals surface area contributed by atoms with E-state index < -0.39 is 6.09 Å². The van der Waals surface area contributed by atoms with Gasteiger partial charge in [0.1, 0.15) is 17.7 Å². The summed E-state index contributed by atoms with van der Waals surface area (Å²) in [6.07, 6.45) is 0.356. The standard InChI is InChI=1S/C25H24FNO3/c1-16-7-5-6-10-22(16)23-14-19(26)12-18-13-21(30-24(18)23)15-20(27-25(28)29)11-17-8-3-2-4-9-17/h2-10,12,14,20-21,27H,11,13,15H2,1H3,(H,28,29). The first-order chi connectivity index (χ1) is 14.5. The van der Waals surface area contributed by atoms with Crippen LogP contribution in [0.2, 0.25) is 0 Å². The summed E-state index contributed by atoms with van der Waals surface area (Å²) in [6, 6.07) is 20.3. The van der Waals surface area contributed by atoms with Gasteiger partial charge in [0.2, 0.25) is 0 Å². The van der Waals surface area contributed by atoms with E-state index in [1.807, 2.05) is 61.5 Å². The van der Waals surface area contributed by atoms with E-state index in [2.05, 4.69) is 5.32 Å². The summed E-state index contributed by atoms with van der Waals surface area (Å²) < 4.78 is 20.6. The lowest BCUT2D eigenvalue weighted by molar-refractivity contribution is 0.175. The van der Waals surface area contributed by atoms with Crippen molar-refractivity contribution in [1.29, 1.82) is 0 Å². The molecule has 3 aromatic carbocycles. The lowest BCUT2D eigenvalue weighted by Gasteiger charge is -2.21. The number of nitrogens with one attached hydrogen (secondary N) is 1. The monoisotopic (exact) mass is 405 g/mol. The molecule has 0 saturated carbocycles. The summed E-state index contributed by atoms with van der Waals surface area (Å²) in [7, 11) is 0. The van der Waals surface area contributed by atoms with Gasteiger partial charge in [0.05, 0.1) is 0 Å². The Balaban J connectivity index is 1.57. The maximum absolute atomic E-state index is 14.3. The Labute approximate surface area is 175 Å². The number of rotatable bonds is 6. The highest BCUT2D eigenvalue weighted by Gasteiger charge is 2.30. The first-order valence-electron chi connectivity index (χ1n) is 10.1. The van der Waals surface area contributed by atoms with Gasteiger partial charge >= 0.3 is 6.09 Å².